The van der Waals surface area contributed by atoms with Gasteiger partial charge in [-0.25, -0.2) is 9.97 Å². The van der Waals surface area contributed by atoms with Crippen molar-refractivity contribution in [2.75, 3.05) is 26.2 Å². The van der Waals surface area contributed by atoms with Crippen molar-refractivity contribution < 1.29 is 4.79 Å². The van der Waals surface area contributed by atoms with Crippen LogP contribution in [-0.4, -0.2) is 56.3 Å². The van der Waals surface area contributed by atoms with Crippen LogP contribution in [-0.2, 0) is 6.54 Å². The van der Waals surface area contributed by atoms with Crippen LogP contribution < -0.4 is 0 Å². The molecule has 3 aromatic rings. The van der Waals surface area contributed by atoms with Gasteiger partial charge in [0.15, 0.2) is 0 Å². The van der Waals surface area contributed by atoms with Crippen molar-refractivity contribution in [1.82, 2.24) is 24.2 Å². The van der Waals surface area contributed by atoms with E-state index >= 15 is 0 Å². The van der Waals surface area contributed by atoms with Gasteiger partial charge in [-0.3, -0.25) is 9.69 Å². The highest BCUT2D eigenvalue weighted by molar-refractivity contribution is 7.09. The number of fused-ring (bicyclic) bond motifs is 1. The maximum Gasteiger partial charge on any atom is 0.274 e. The van der Waals surface area contributed by atoms with E-state index in [4.69, 9.17) is 0 Å². The first-order chi connectivity index (χ1) is 11.7. The van der Waals surface area contributed by atoms with Crippen molar-refractivity contribution in [3.05, 3.63) is 52.4 Å². The molecule has 7 heteroatoms. The molecule has 3 aromatic heterocycles. The predicted molar refractivity (Wildman–Crippen MR) is 93.2 cm³/mol. The molecule has 0 bridgehead atoms. The lowest BCUT2D eigenvalue weighted by Gasteiger charge is -2.34. The summed E-state index contributed by atoms with van der Waals surface area (Å²) in [4.78, 5) is 25.8. The minimum atomic E-state index is 0.0165. The fraction of sp³-hybridized carbons (Fsp3) is 0.353. The second-order valence-corrected chi connectivity index (χ2v) is 7.08. The van der Waals surface area contributed by atoms with Gasteiger partial charge >= 0.3 is 0 Å². The zero-order chi connectivity index (χ0) is 16.5. The predicted octanol–water partition coefficient (Wildman–Crippen LogP) is 2.06. The van der Waals surface area contributed by atoms with E-state index in [-0.39, 0.29) is 5.91 Å². The Morgan fingerprint density at radius 1 is 1.21 bits per heavy atom. The molecule has 1 amide bonds. The fourth-order valence-corrected chi connectivity index (χ4v) is 3.62. The summed E-state index contributed by atoms with van der Waals surface area (Å²) in [7, 11) is 0. The highest BCUT2D eigenvalue weighted by Crippen LogP contribution is 2.14. The molecule has 0 atom stereocenters. The van der Waals surface area contributed by atoms with Crippen molar-refractivity contribution in [3.63, 3.8) is 0 Å². The number of aryl methyl sites for hydroxylation is 1. The minimum absolute atomic E-state index is 0.0165. The lowest BCUT2D eigenvalue weighted by Crippen LogP contribution is -2.48. The molecule has 0 aromatic carbocycles. The van der Waals surface area contributed by atoms with E-state index in [1.807, 2.05) is 46.8 Å². The van der Waals surface area contributed by atoms with Crippen molar-refractivity contribution in [1.29, 1.82) is 0 Å². The number of hydrogen-bond donors (Lipinski definition) is 0. The quantitative estimate of drug-likeness (QED) is 0.732. The molecule has 1 saturated heterocycles. The van der Waals surface area contributed by atoms with Crippen LogP contribution in [0.1, 0.15) is 21.2 Å². The number of nitrogens with zero attached hydrogens (tertiary/aromatic N) is 5. The minimum Gasteiger partial charge on any atom is -0.335 e. The first-order valence-electron chi connectivity index (χ1n) is 8.05. The molecule has 4 rings (SSSR count). The largest absolute Gasteiger partial charge is 0.335 e. The van der Waals surface area contributed by atoms with Gasteiger partial charge < -0.3 is 9.30 Å². The van der Waals surface area contributed by atoms with Gasteiger partial charge in [-0.1, -0.05) is 6.07 Å². The Kier molecular flexibility index (Phi) is 4.03. The number of carbonyl (C=O) groups is 1. The number of pyridine rings is 1. The maximum absolute atomic E-state index is 12.7. The van der Waals surface area contributed by atoms with Crippen LogP contribution in [0.25, 0.3) is 5.65 Å². The average molecular weight is 341 g/mol. The van der Waals surface area contributed by atoms with Crippen LogP contribution in [0.5, 0.6) is 0 Å². The molecule has 124 valence electrons. The van der Waals surface area contributed by atoms with Gasteiger partial charge in [0.1, 0.15) is 11.3 Å². The molecular formula is C17H19N5OS. The molecule has 0 aliphatic carbocycles. The van der Waals surface area contributed by atoms with Crippen LogP contribution in [0.4, 0.5) is 0 Å². The molecule has 0 unspecified atom stereocenters. The molecule has 4 heterocycles. The molecule has 1 aliphatic heterocycles. The summed E-state index contributed by atoms with van der Waals surface area (Å²) in [5, 5.41) is 3.22. The van der Waals surface area contributed by atoms with E-state index in [0.717, 1.165) is 49.1 Å². The molecule has 0 spiro atoms. The van der Waals surface area contributed by atoms with Gasteiger partial charge in [-0.05, 0) is 19.1 Å². The summed E-state index contributed by atoms with van der Waals surface area (Å²) >= 11 is 1.68. The Morgan fingerprint density at radius 3 is 2.75 bits per heavy atom. The molecule has 24 heavy (non-hydrogen) atoms. The first kappa shape index (κ1) is 15.3. The van der Waals surface area contributed by atoms with E-state index < -0.39 is 0 Å². The van der Waals surface area contributed by atoms with E-state index in [0.29, 0.717) is 5.69 Å². The van der Waals surface area contributed by atoms with Gasteiger partial charge in [-0.15, -0.1) is 11.3 Å². The summed E-state index contributed by atoms with van der Waals surface area (Å²) in [6, 6.07) is 5.77. The third kappa shape index (κ3) is 3.05. The Hall–Kier alpha value is -2.25. The third-order valence-corrected chi connectivity index (χ3v) is 5.12. The standard InChI is InChI=1S/C17H19N5OS/c1-13-18-14(12-24-13)10-20-6-8-21(9-7-20)17(23)15-11-22-5-3-2-4-16(22)19-15/h2-5,11-12H,6-10H2,1H3. The highest BCUT2D eigenvalue weighted by Gasteiger charge is 2.24. The SMILES string of the molecule is Cc1nc(CN2CCN(C(=O)c3cn4ccccc4n3)CC2)cs1. The molecule has 0 N–H and O–H groups in total. The number of hydrogen-bond acceptors (Lipinski definition) is 5. The Balaban J connectivity index is 1.39. The highest BCUT2D eigenvalue weighted by atomic mass is 32.1. The van der Waals surface area contributed by atoms with E-state index in [2.05, 4.69) is 20.2 Å². The second-order valence-electron chi connectivity index (χ2n) is 6.02. The number of carbonyl (C=O) groups excluding carboxylic acids is 1. The smallest absolute Gasteiger partial charge is 0.274 e. The molecule has 1 fully saturated rings. The van der Waals surface area contributed by atoms with E-state index in [1.165, 1.54) is 0 Å². The number of amides is 1. The number of rotatable bonds is 3. The molecule has 0 radical (unpaired) electrons. The zero-order valence-electron chi connectivity index (χ0n) is 13.6. The number of aromatic nitrogens is 3. The number of piperazine rings is 1. The van der Waals surface area contributed by atoms with Crippen LogP contribution in [0.2, 0.25) is 0 Å². The van der Waals surface area contributed by atoms with Gasteiger partial charge in [0.2, 0.25) is 0 Å². The van der Waals surface area contributed by atoms with E-state index in [1.54, 1.807) is 11.3 Å². The summed E-state index contributed by atoms with van der Waals surface area (Å²) in [5.74, 6) is 0.0165. The van der Waals surface area contributed by atoms with Crippen LogP contribution in [0, 0.1) is 6.92 Å². The molecular weight excluding hydrogens is 322 g/mol. The summed E-state index contributed by atoms with van der Waals surface area (Å²) in [5.41, 5.74) is 2.45. The van der Waals surface area contributed by atoms with Crippen LogP contribution in [0.3, 0.4) is 0 Å². The topological polar surface area (TPSA) is 53.7 Å². The van der Waals surface area contributed by atoms with Gasteiger partial charge in [0.25, 0.3) is 5.91 Å². The van der Waals surface area contributed by atoms with Gasteiger partial charge in [-0.2, -0.15) is 0 Å². The summed E-state index contributed by atoms with van der Waals surface area (Å²) in [6.07, 6.45) is 3.72. The van der Waals surface area contributed by atoms with Gasteiger partial charge in [0, 0.05) is 50.5 Å². The second kappa shape index (κ2) is 6.33. The Morgan fingerprint density at radius 2 is 2.04 bits per heavy atom. The van der Waals surface area contributed by atoms with E-state index in [9.17, 15) is 4.79 Å². The van der Waals surface area contributed by atoms with Crippen molar-refractivity contribution >= 4 is 22.9 Å². The lowest BCUT2D eigenvalue weighted by molar-refractivity contribution is 0.0622. The monoisotopic (exact) mass is 341 g/mol. The average Bonchev–Trinajstić information content (AvgIpc) is 3.21. The molecule has 0 saturated carbocycles. The molecule has 6 nitrogen and oxygen atoms in total. The first-order valence-corrected chi connectivity index (χ1v) is 8.93. The van der Waals surface area contributed by atoms with Crippen molar-refractivity contribution in [3.8, 4) is 0 Å². The number of imidazole rings is 1. The fourth-order valence-electron chi connectivity index (χ4n) is 3.02. The van der Waals surface area contributed by atoms with Gasteiger partial charge in [0.05, 0.1) is 10.7 Å². The molecule has 1 aliphatic rings. The Bertz CT molecular complexity index is 830. The summed E-state index contributed by atoms with van der Waals surface area (Å²) in [6.45, 7) is 6.09. The van der Waals surface area contributed by atoms with Crippen molar-refractivity contribution in [2.45, 2.75) is 13.5 Å². The normalized spacial score (nSPS) is 16.0. The summed E-state index contributed by atoms with van der Waals surface area (Å²) < 4.78 is 1.88. The lowest BCUT2D eigenvalue weighted by atomic mass is 10.2. The van der Waals surface area contributed by atoms with Crippen LogP contribution >= 0.6 is 11.3 Å². The van der Waals surface area contributed by atoms with Crippen LogP contribution in [0.15, 0.2) is 36.0 Å². The maximum atomic E-state index is 12.7. The Labute approximate surface area is 144 Å². The van der Waals surface area contributed by atoms with Crippen molar-refractivity contribution in [2.24, 2.45) is 0 Å². The zero-order valence-corrected chi connectivity index (χ0v) is 14.4. The number of thiazole rings is 1. The third-order valence-electron chi connectivity index (χ3n) is 4.29.